The first-order valence-electron chi connectivity index (χ1n) is 5.52. The van der Waals surface area contributed by atoms with Crippen molar-refractivity contribution in [1.82, 2.24) is 4.90 Å². The van der Waals surface area contributed by atoms with E-state index in [1.165, 1.54) is 7.11 Å². The number of ether oxygens (including phenoxy) is 1. The van der Waals surface area contributed by atoms with Crippen molar-refractivity contribution in [3.8, 4) is 0 Å². The molecule has 0 saturated heterocycles. The third-order valence-corrected chi connectivity index (χ3v) is 3.59. The molecular formula is C10H19NO5S. The maximum Gasteiger partial charge on any atom is 0.409 e. The highest BCUT2D eigenvalue weighted by Crippen LogP contribution is 2.25. The van der Waals surface area contributed by atoms with E-state index in [0.717, 1.165) is 19.1 Å². The predicted octanol–water partition coefficient (Wildman–Crippen LogP) is 0.972. The molecule has 0 N–H and O–H groups in total. The topological polar surface area (TPSA) is 72.9 Å². The molecule has 6 nitrogen and oxygen atoms in total. The van der Waals surface area contributed by atoms with Crippen LogP contribution in [0.3, 0.4) is 0 Å². The molecule has 0 aromatic heterocycles. The van der Waals surface area contributed by atoms with Crippen LogP contribution in [0.15, 0.2) is 0 Å². The minimum atomic E-state index is -3.39. The molecule has 1 amide bonds. The van der Waals surface area contributed by atoms with E-state index in [9.17, 15) is 13.2 Å². The van der Waals surface area contributed by atoms with Gasteiger partial charge in [0, 0.05) is 13.1 Å². The lowest BCUT2D eigenvalue weighted by molar-refractivity contribution is 0.0834. The molecule has 0 aromatic carbocycles. The third kappa shape index (κ3) is 4.51. The van der Waals surface area contributed by atoms with E-state index in [1.807, 2.05) is 0 Å². The first kappa shape index (κ1) is 14.2. The number of methoxy groups -OCH3 is 1. The van der Waals surface area contributed by atoms with Gasteiger partial charge < -0.3 is 9.64 Å². The van der Waals surface area contributed by atoms with Gasteiger partial charge in [0.15, 0.2) is 0 Å². The number of carbonyl (C=O) groups is 1. The standard InChI is InChI=1S/C10H19NO5S/c1-11(10(12)15-2)8-4-6-9(7-5-8)16-17(3,13)14/h8-9H,4-7H2,1-3H3. The Morgan fingerprint density at radius 2 is 1.76 bits per heavy atom. The summed E-state index contributed by atoms with van der Waals surface area (Å²) in [6.45, 7) is 0. The fraction of sp³-hybridized carbons (Fsp3) is 0.900. The molecule has 1 aliphatic carbocycles. The Morgan fingerprint density at radius 1 is 1.24 bits per heavy atom. The first-order valence-corrected chi connectivity index (χ1v) is 7.34. The van der Waals surface area contributed by atoms with Crippen molar-refractivity contribution in [1.29, 1.82) is 0 Å². The van der Waals surface area contributed by atoms with Gasteiger partial charge in [-0.05, 0) is 25.7 Å². The van der Waals surface area contributed by atoms with Crippen molar-refractivity contribution in [2.24, 2.45) is 0 Å². The van der Waals surface area contributed by atoms with Gasteiger partial charge in [0.05, 0.1) is 19.5 Å². The van der Waals surface area contributed by atoms with Gasteiger partial charge >= 0.3 is 6.09 Å². The summed E-state index contributed by atoms with van der Waals surface area (Å²) in [6.07, 6.45) is 3.17. The average Bonchev–Trinajstić information content (AvgIpc) is 2.26. The van der Waals surface area contributed by atoms with Crippen molar-refractivity contribution in [3.63, 3.8) is 0 Å². The summed E-state index contributed by atoms with van der Waals surface area (Å²) >= 11 is 0. The van der Waals surface area contributed by atoms with Crippen LogP contribution in [0.4, 0.5) is 4.79 Å². The highest BCUT2D eigenvalue weighted by molar-refractivity contribution is 7.86. The van der Waals surface area contributed by atoms with Gasteiger partial charge in [-0.1, -0.05) is 0 Å². The molecule has 100 valence electrons. The van der Waals surface area contributed by atoms with Crippen LogP contribution in [0.5, 0.6) is 0 Å². The summed E-state index contributed by atoms with van der Waals surface area (Å²) in [5, 5.41) is 0. The number of carbonyl (C=O) groups excluding carboxylic acids is 1. The van der Waals surface area contributed by atoms with Gasteiger partial charge in [-0.3, -0.25) is 4.18 Å². The van der Waals surface area contributed by atoms with Crippen LogP contribution in [0.2, 0.25) is 0 Å². The average molecular weight is 265 g/mol. The molecule has 1 fully saturated rings. The van der Waals surface area contributed by atoms with Crippen molar-refractivity contribution in [2.45, 2.75) is 37.8 Å². The van der Waals surface area contributed by atoms with Crippen molar-refractivity contribution >= 4 is 16.2 Å². The minimum Gasteiger partial charge on any atom is -0.453 e. The Labute approximate surface area is 102 Å². The zero-order valence-corrected chi connectivity index (χ0v) is 11.2. The van der Waals surface area contributed by atoms with E-state index in [2.05, 4.69) is 4.74 Å². The Hall–Kier alpha value is -0.820. The SMILES string of the molecule is COC(=O)N(C)C1CCC(OS(C)(=O)=O)CC1. The lowest BCUT2D eigenvalue weighted by atomic mass is 9.92. The van der Waals surface area contributed by atoms with Gasteiger partial charge in [0.2, 0.25) is 0 Å². The number of hydrogen-bond donors (Lipinski definition) is 0. The molecule has 1 rings (SSSR count). The molecule has 0 radical (unpaired) electrons. The zero-order chi connectivity index (χ0) is 13.1. The van der Waals surface area contributed by atoms with E-state index in [-0.39, 0.29) is 18.2 Å². The molecule has 0 aliphatic heterocycles. The second kappa shape index (κ2) is 5.68. The van der Waals surface area contributed by atoms with Crippen LogP contribution in [-0.4, -0.2) is 52.0 Å². The Balaban J connectivity index is 2.43. The molecule has 0 aromatic rings. The minimum absolute atomic E-state index is 0.0989. The van der Waals surface area contributed by atoms with E-state index >= 15 is 0 Å². The van der Waals surface area contributed by atoms with Crippen molar-refractivity contribution in [2.75, 3.05) is 20.4 Å². The molecule has 0 atom stereocenters. The van der Waals surface area contributed by atoms with Crippen LogP contribution in [0.25, 0.3) is 0 Å². The van der Waals surface area contributed by atoms with E-state index in [4.69, 9.17) is 4.18 Å². The Morgan fingerprint density at radius 3 is 2.18 bits per heavy atom. The normalized spacial score (nSPS) is 25.4. The second-order valence-electron chi connectivity index (χ2n) is 4.31. The Bertz CT molecular complexity index is 359. The summed E-state index contributed by atoms with van der Waals surface area (Å²) in [4.78, 5) is 12.9. The lowest BCUT2D eigenvalue weighted by Crippen LogP contribution is -2.40. The zero-order valence-electron chi connectivity index (χ0n) is 10.4. The van der Waals surface area contributed by atoms with E-state index in [1.54, 1.807) is 11.9 Å². The summed E-state index contributed by atoms with van der Waals surface area (Å²) in [5.74, 6) is 0. The smallest absolute Gasteiger partial charge is 0.409 e. The van der Waals surface area contributed by atoms with Gasteiger partial charge in [-0.2, -0.15) is 8.42 Å². The monoisotopic (exact) mass is 265 g/mol. The number of rotatable bonds is 3. The van der Waals surface area contributed by atoms with Crippen LogP contribution in [0.1, 0.15) is 25.7 Å². The van der Waals surface area contributed by atoms with Gasteiger partial charge in [-0.25, -0.2) is 4.79 Å². The molecule has 1 aliphatic rings. The number of nitrogens with zero attached hydrogens (tertiary/aromatic N) is 1. The molecule has 0 unspecified atom stereocenters. The molecule has 7 heteroatoms. The number of amides is 1. The number of hydrogen-bond acceptors (Lipinski definition) is 5. The largest absolute Gasteiger partial charge is 0.453 e. The molecule has 0 spiro atoms. The first-order chi connectivity index (χ1) is 7.83. The van der Waals surface area contributed by atoms with E-state index in [0.29, 0.717) is 12.8 Å². The summed E-state index contributed by atoms with van der Waals surface area (Å²) in [6, 6.07) is 0.0989. The van der Waals surface area contributed by atoms with Crippen molar-refractivity contribution < 1.29 is 22.1 Å². The van der Waals surface area contributed by atoms with Crippen LogP contribution in [-0.2, 0) is 19.0 Å². The highest BCUT2D eigenvalue weighted by Gasteiger charge is 2.28. The second-order valence-corrected chi connectivity index (χ2v) is 5.91. The quantitative estimate of drug-likeness (QED) is 0.711. The van der Waals surface area contributed by atoms with Crippen LogP contribution >= 0.6 is 0 Å². The van der Waals surface area contributed by atoms with Gasteiger partial charge in [0.25, 0.3) is 10.1 Å². The molecular weight excluding hydrogens is 246 g/mol. The van der Waals surface area contributed by atoms with Crippen LogP contribution < -0.4 is 0 Å². The molecule has 1 saturated carbocycles. The molecule has 17 heavy (non-hydrogen) atoms. The summed E-state index contributed by atoms with van der Waals surface area (Å²) < 4.78 is 31.5. The summed E-state index contributed by atoms with van der Waals surface area (Å²) in [5.41, 5.74) is 0. The fourth-order valence-corrected chi connectivity index (χ4v) is 2.76. The predicted molar refractivity (Wildman–Crippen MR) is 62.1 cm³/mol. The van der Waals surface area contributed by atoms with Crippen molar-refractivity contribution in [3.05, 3.63) is 0 Å². The van der Waals surface area contributed by atoms with Gasteiger partial charge in [0.1, 0.15) is 0 Å². The van der Waals surface area contributed by atoms with Crippen LogP contribution in [0, 0.1) is 0 Å². The fourth-order valence-electron chi connectivity index (χ4n) is 2.07. The summed E-state index contributed by atoms with van der Waals surface area (Å²) in [7, 11) is -0.354. The van der Waals surface area contributed by atoms with E-state index < -0.39 is 10.1 Å². The highest BCUT2D eigenvalue weighted by atomic mass is 32.2. The molecule has 0 bridgehead atoms. The molecule has 0 heterocycles. The maximum absolute atomic E-state index is 11.3. The Kier molecular flexibility index (Phi) is 4.76. The maximum atomic E-state index is 11.3. The third-order valence-electron chi connectivity index (χ3n) is 2.96. The lowest BCUT2D eigenvalue weighted by Gasteiger charge is -2.33. The van der Waals surface area contributed by atoms with Gasteiger partial charge in [-0.15, -0.1) is 0 Å².